The Labute approximate surface area is 167 Å². The van der Waals surface area contributed by atoms with Crippen LogP contribution in [0.25, 0.3) is 0 Å². The zero-order chi connectivity index (χ0) is 20.4. The summed E-state index contributed by atoms with van der Waals surface area (Å²) in [5.41, 5.74) is 1.96. The quantitative estimate of drug-likeness (QED) is 0.512. The molecule has 0 bridgehead atoms. The lowest BCUT2D eigenvalue weighted by Gasteiger charge is -2.20. The molecule has 1 aliphatic rings. The molecule has 1 fully saturated rings. The highest BCUT2D eigenvalue weighted by Gasteiger charge is 2.28. The molecule has 0 spiro atoms. The summed E-state index contributed by atoms with van der Waals surface area (Å²) in [4.78, 5) is 31.6. The summed E-state index contributed by atoms with van der Waals surface area (Å²) in [6.45, 7) is 0.924. The summed E-state index contributed by atoms with van der Waals surface area (Å²) in [6, 6.07) is 13.5. The Bertz CT molecular complexity index is 996. The standard InChI is InChI=1S/C22H21N3O4/c26-21(27)15-8-3-1-6-13(15)19(14-7-2-4-9-16(14)22(28)29)18-12-24-20(25-18)17-10-5-11-23-17/h1-4,6-9,12,17,19,23H,5,10-11H2,(H,24,25)(H,26,27)(H,28,29). The van der Waals surface area contributed by atoms with Gasteiger partial charge < -0.3 is 20.5 Å². The number of H-pyrrole nitrogens is 1. The van der Waals surface area contributed by atoms with Gasteiger partial charge in [-0.3, -0.25) is 0 Å². The van der Waals surface area contributed by atoms with Crippen LogP contribution in [-0.2, 0) is 0 Å². The van der Waals surface area contributed by atoms with Crippen LogP contribution in [0.2, 0.25) is 0 Å². The van der Waals surface area contributed by atoms with E-state index in [1.807, 2.05) is 0 Å². The van der Waals surface area contributed by atoms with Gasteiger partial charge in [0, 0.05) is 11.9 Å². The monoisotopic (exact) mass is 391 g/mol. The number of rotatable bonds is 6. The van der Waals surface area contributed by atoms with Gasteiger partial charge in [0.2, 0.25) is 0 Å². The highest BCUT2D eigenvalue weighted by atomic mass is 16.4. The minimum Gasteiger partial charge on any atom is -0.478 e. The summed E-state index contributed by atoms with van der Waals surface area (Å²) >= 11 is 0. The molecule has 2 heterocycles. The second-order valence-corrected chi connectivity index (χ2v) is 7.09. The van der Waals surface area contributed by atoms with Crippen LogP contribution in [0.4, 0.5) is 0 Å². The SMILES string of the molecule is O=C(O)c1ccccc1C(c1cnc(C2CCCN2)[nH]1)c1ccccc1C(=O)O. The highest BCUT2D eigenvalue weighted by Crippen LogP contribution is 2.36. The molecule has 29 heavy (non-hydrogen) atoms. The van der Waals surface area contributed by atoms with Crippen LogP contribution in [0.5, 0.6) is 0 Å². The Kier molecular flexibility index (Phi) is 5.14. The predicted octanol–water partition coefficient (Wildman–Crippen LogP) is 3.41. The molecule has 7 nitrogen and oxygen atoms in total. The van der Waals surface area contributed by atoms with Gasteiger partial charge in [-0.2, -0.15) is 0 Å². The number of imidazole rings is 1. The Morgan fingerprint density at radius 3 is 2.07 bits per heavy atom. The van der Waals surface area contributed by atoms with Gasteiger partial charge in [-0.25, -0.2) is 14.6 Å². The largest absolute Gasteiger partial charge is 0.478 e. The molecule has 4 N–H and O–H groups in total. The van der Waals surface area contributed by atoms with E-state index in [0.717, 1.165) is 25.2 Å². The number of hydrogen-bond donors (Lipinski definition) is 4. The summed E-state index contributed by atoms with van der Waals surface area (Å²) in [7, 11) is 0. The summed E-state index contributed by atoms with van der Waals surface area (Å²) in [6.07, 6.45) is 3.71. The molecule has 7 heteroatoms. The number of benzene rings is 2. The average Bonchev–Trinajstić information content (AvgIpc) is 3.41. The molecule has 1 atom stereocenters. The number of carbonyl (C=O) groups is 2. The maximum absolute atomic E-state index is 11.9. The molecular weight excluding hydrogens is 370 g/mol. The number of hydrogen-bond acceptors (Lipinski definition) is 4. The maximum Gasteiger partial charge on any atom is 0.335 e. The van der Waals surface area contributed by atoms with Gasteiger partial charge in [0.25, 0.3) is 0 Å². The van der Waals surface area contributed by atoms with E-state index in [1.165, 1.54) is 12.1 Å². The normalized spacial score (nSPS) is 16.2. The minimum absolute atomic E-state index is 0.119. The van der Waals surface area contributed by atoms with Crippen LogP contribution in [-0.4, -0.2) is 38.7 Å². The first-order valence-corrected chi connectivity index (χ1v) is 9.49. The van der Waals surface area contributed by atoms with Crippen molar-refractivity contribution in [2.75, 3.05) is 6.54 Å². The summed E-state index contributed by atoms with van der Waals surface area (Å²) < 4.78 is 0. The van der Waals surface area contributed by atoms with Crippen molar-refractivity contribution in [3.8, 4) is 0 Å². The van der Waals surface area contributed by atoms with E-state index in [0.29, 0.717) is 16.8 Å². The van der Waals surface area contributed by atoms with Crippen LogP contribution >= 0.6 is 0 Å². The van der Waals surface area contributed by atoms with Gasteiger partial charge in [0.1, 0.15) is 5.82 Å². The summed E-state index contributed by atoms with van der Waals surface area (Å²) in [5.74, 6) is -1.94. The molecule has 3 aromatic rings. The van der Waals surface area contributed by atoms with Crippen LogP contribution in [0.3, 0.4) is 0 Å². The molecule has 1 aliphatic heterocycles. The van der Waals surface area contributed by atoms with E-state index in [-0.39, 0.29) is 17.2 Å². The Morgan fingerprint density at radius 2 is 1.55 bits per heavy atom. The molecule has 1 aromatic heterocycles. The van der Waals surface area contributed by atoms with E-state index >= 15 is 0 Å². The third-order valence-electron chi connectivity index (χ3n) is 5.32. The maximum atomic E-state index is 11.9. The van der Waals surface area contributed by atoms with Crippen molar-refractivity contribution in [1.29, 1.82) is 0 Å². The first kappa shape index (κ1) is 18.9. The second kappa shape index (κ2) is 7.89. The smallest absolute Gasteiger partial charge is 0.335 e. The zero-order valence-electron chi connectivity index (χ0n) is 15.6. The van der Waals surface area contributed by atoms with E-state index in [1.54, 1.807) is 42.6 Å². The summed E-state index contributed by atoms with van der Waals surface area (Å²) in [5, 5.41) is 22.8. The fraction of sp³-hybridized carbons (Fsp3) is 0.227. The van der Waals surface area contributed by atoms with Gasteiger partial charge in [0.05, 0.1) is 23.1 Å². The molecule has 0 radical (unpaired) electrons. The van der Waals surface area contributed by atoms with Gasteiger partial charge in [-0.15, -0.1) is 0 Å². The van der Waals surface area contributed by atoms with E-state index in [2.05, 4.69) is 15.3 Å². The minimum atomic E-state index is -1.06. The van der Waals surface area contributed by atoms with Crippen molar-refractivity contribution in [1.82, 2.24) is 15.3 Å². The lowest BCUT2D eigenvalue weighted by Crippen LogP contribution is -2.16. The van der Waals surface area contributed by atoms with Gasteiger partial charge in [-0.05, 0) is 42.6 Å². The van der Waals surface area contributed by atoms with E-state index in [4.69, 9.17) is 0 Å². The number of aromatic amines is 1. The number of aromatic carboxylic acids is 2. The van der Waals surface area contributed by atoms with Crippen molar-refractivity contribution < 1.29 is 19.8 Å². The van der Waals surface area contributed by atoms with E-state index < -0.39 is 17.9 Å². The van der Waals surface area contributed by atoms with Gasteiger partial charge in [-0.1, -0.05) is 36.4 Å². The molecule has 1 saturated heterocycles. The molecule has 2 aromatic carbocycles. The van der Waals surface area contributed by atoms with Crippen LogP contribution in [0.1, 0.15) is 68.2 Å². The molecular formula is C22H21N3O4. The average molecular weight is 391 g/mol. The van der Waals surface area contributed by atoms with E-state index in [9.17, 15) is 19.8 Å². The number of aromatic nitrogens is 2. The topological polar surface area (TPSA) is 115 Å². The predicted molar refractivity (Wildman–Crippen MR) is 106 cm³/mol. The fourth-order valence-electron chi connectivity index (χ4n) is 3.98. The lowest BCUT2D eigenvalue weighted by atomic mass is 9.83. The van der Waals surface area contributed by atoms with Gasteiger partial charge >= 0.3 is 11.9 Å². The van der Waals surface area contributed by atoms with Crippen molar-refractivity contribution in [3.63, 3.8) is 0 Å². The third kappa shape index (κ3) is 3.64. The van der Waals surface area contributed by atoms with Crippen LogP contribution < -0.4 is 5.32 Å². The Morgan fingerprint density at radius 1 is 0.966 bits per heavy atom. The number of carboxylic acid groups (broad SMARTS) is 2. The highest BCUT2D eigenvalue weighted by molar-refractivity contribution is 5.92. The molecule has 148 valence electrons. The molecule has 0 aliphatic carbocycles. The van der Waals surface area contributed by atoms with Crippen molar-refractivity contribution in [2.45, 2.75) is 24.8 Å². The van der Waals surface area contributed by atoms with Crippen molar-refractivity contribution >= 4 is 11.9 Å². The van der Waals surface area contributed by atoms with Crippen molar-refractivity contribution in [3.05, 3.63) is 88.5 Å². The van der Waals surface area contributed by atoms with Crippen LogP contribution in [0.15, 0.2) is 54.7 Å². The lowest BCUT2D eigenvalue weighted by molar-refractivity contribution is 0.0686. The Balaban J connectivity index is 1.90. The number of carboxylic acids is 2. The van der Waals surface area contributed by atoms with Crippen LogP contribution in [0, 0.1) is 0 Å². The zero-order valence-corrected chi connectivity index (χ0v) is 15.6. The molecule has 4 rings (SSSR count). The third-order valence-corrected chi connectivity index (χ3v) is 5.32. The molecule has 0 saturated carbocycles. The molecule has 1 unspecified atom stereocenters. The number of nitrogens with one attached hydrogen (secondary N) is 2. The first-order chi connectivity index (χ1) is 14.1. The number of nitrogens with zero attached hydrogens (tertiary/aromatic N) is 1. The van der Waals surface area contributed by atoms with Gasteiger partial charge in [0.15, 0.2) is 0 Å². The Hall–Kier alpha value is -3.45. The second-order valence-electron chi connectivity index (χ2n) is 7.09. The molecule has 0 amide bonds. The van der Waals surface area contributed by atoms with Crippen molar-refractivity contribution in [2.24, 2.45) is 0 Å². The fourth-order valence-corrected chi connectivity index (χ4v) is 3.98. The first-order valence-electron chi connectivity index (χ1n) is 9.49.